The first kappa shape index (κ1) is 16.4. The average Bonchev–Trinajstić information content (AvgIpc) is 2.09. The summed E-state index contributed by atoms with van der Waals surface area (Å²) in [5, 5.41) is 0.281. The number of nitrogens with zero attached hydrogens (tertiary/aromatic N) is 1. The maximum atomic E-state index is 12.2. The molecule has 4 nitrogen and oxygen atoms in total. The van der Waals surface area contributed by atoms with Crippen LogP contribution in [0.25, 0.3) is 0 Å². The molecule has 11 heteroatoms. The Labute approximate surface area is 103 Å². The standard InChI is InChI=1S/C5H2Cl2FN.CHF3O3S/c6-3-1-4(7)5(8)9-2-3;2-1(3,4)8(5,6)7/h1-2H;(H,5,6,7). The van der Waals surface area contributed by atoms with Crippen LogP contribution in [0, 0.1) is 5.95 Å². The number of hydrogen-bond acceptors (Lipinski definition) is 3. The smallest absolute Gasteiger partial charge is 0.279 e. The molecule has 1 N–H and O–H groups in total. The van der Waals surface area contributed by atoms with Crippen LogP contribution >= 0.6 is 23.2 Å². The quantitative estimate of drug-likeness (QED) is 0.346. The van der Waals surface area contributed by atoms with E-state index in [1.54, 1.807) is 0 Å². The van der Waals surface area contributed by atoms with E-state index in [4.69, 9.17) is 36.2 Å². The molecule has 0 saturated carbocycles. The van der Waals surface area contributed by atoms with Gasteiger partial charge in [-0.15, -0.1) is 0 Å². The zero-order chi connectivity index (χ0) is 13.9. The van der Waals surface area contributed by atoms with Gasteiger partial charge in [-0.1, -0.05) is 23.2 Å². The minimum absolute atomic E-state index is 0.0532. The van der Waals surface area contributed by atoms with E-state index in [0.717, 1.165) is 0 Å². The molecule has 0 atom stereocenters. The molecule has 0 spiro atoms. The minimum Gasteiger partial charge on any atom is -0.279 e. The molecule has 1 aromatic heterocycles. The Bertz CT molecular complexity index is 491. The van der Waals surface area contributed by atoms with E-state index in [9.17, 15) is 17.6 Å². The summed E-state index contributed by atoms with van der Waals surface area (Å²) >= 11 is 10.7. The van der Waals surface area contributed by atoms with Gasteiger partial charge in [0.1, 0.15) is 0 Å². The highest BCUT2D eigenvalue weighted by Gasteiger charge is 2.44. The Hall–Kier alpha value is -0.640. The largest absolute Gasteiger partial charge is 0.522 e. The second kappa shape index (κ2) is 5.80. The molecule has 0 amide bonds. The molecule has 0 fully saturated rings. The lowest BCUT2D eigenvalue weighted by Gasteiger charge is -1.97. The lowest BCUT2D eigenvalue weighted by molar-refractivity contribution is -0.0510. The normalized spacial score (nSPS) is 11.7. The maximum absolute atomic E-state index is 12.2. The lowest BCUT2D eigenvalue weighted by atomic mass is 10.5. The third-order valence-electron chi connectivity index (χ3n) is 1.06. The molecular formula is C6H3Cl2F4NO3S. The molecule has 0 bridgehead atoms. The summed E-state index contributed by atoms with van der Waals surface area (Å²) in [5.74, 6) is -0.693. The van der Waals surface area contributed by atoms with Crippen molar-refractivity contribution >= 4 is 33.3 Å². The first-order chi connectivity index (χ1) is 7.45. The second-order valence-electron chi connectivity index (χ2n) is 2.35. The highest BCUT2D eigenvalue weighted by Crippen LogP contribution is 2.20. The highest BCUT2D eigenvalue weighted by atomic mass is 35.5. The molecule has 0 unspecified atom stereocenters. The van der Waals surface area contributed by atoms with Crippen molar-refractivity contribution in [2.45, 2.75) is 5.51 Å². The Morgan fingerprint density at radius 1 is 1.29 bits per heavy atom. The maximum Gasteiger partial charge on any atom is 0.522 e. The number of halogens is 6. The van der Waals surface area contributed by atoms with Crippen molar-refractivity contribution in [1.82, 2.24) is 4.98 Å². The fraction of sp³-hybridized carbons (Fsp3) is 0.167. The van der Waals surface area contributed by atoms with Crippen molar-refractivity contribution in [3.63, 3.8) is 0 Å². The van der Waals surface area contributed by atoms with Crippen molar-refractivity contribution in [2.75, 3.05) is 0 Å². The van der Waals surface area contributed by atoms with Crippen LogP contribution < -0.4 is 0 Å². The van der Waals surface area contributed by atoms with Gasteiger partial charge in [0.25, 0.3) is 0 Å². The average molecular weight is 316 g/mol. The van der Waals surface area contributed by atoms with E-state index in [1.165, 1.54) is 12.3 Å². The SMILES string of the molecule is Fc1ncc(Cl)cc1Cl.O=S(=O)(O)C(F)(F)F. The molecule has 0 aliphatic rings. The molecule has 0 aliphatic carbocycles. The third kappa shape index (κ3) is 6.01. The molecule has 98 valence electrons. The molecule has 0 saturated heterocycles. The van der Waals surface area contributed by atoms with E-state index in [1.807, 2.05) is 0 Å². The summed E-state index contributed by atoms with van der Waals surface area (Å²) in [4.78, 5) is 3.25. The predicted molar refractivity (Wildman–Crippen MR) is 51.8 cm³/mol. The van der Waals surface area contributed by atoms with Gasteiger partial charge in [0.2, 0.25) is 5.95 Å². The van der Waals surface area contributed by atoms with E-state index < -0.39 is 21.6 Å². The number of alkyl halides is 3. The second-order valence-corrected chi connectivity index (χ2v) is 4.60. The summed E-state index contributed by atoms with van der Waals surface area (Å²) in [5.41, 5.74) is -5.53. The fourth-order valence-corrected chi connectivity index (χ4v) is 0.778. The van der Waals surface area contributed by atoms with Gasteiger partial charge in [-0.25, -0.2) is 4.98 Å². The van der Waals surface area contributed by atoms with Crippen molar-refractivity contribution < 1.29 is 30.5 Å². The first-order valence-electron chi connectivity index (χ1n) is 3.45. The summed E-state index contributed by atoms with van der Waals surface area (Å²) in [6.07, 6.45) is 1.20. The van der Waals surface area contributed by atoms with Crippen LogP contribution in [-0.2, 0) is 10.1 Å². The molecule has 0 aromatic carbocycles. The number of aromatic nitrogens is 1. The van der Waals surface area contributed by atoms with Gasteiger partial charge in [0, 0.05) is 6.20 Å². The van der Waals surface area contributed by atoms with Crippen LogP contribution in [0.4, 0.5) is 17.6 Å². The van der Waals surface area contributed by atoms with Crippen molar-refractivity contribution in [3.05, 3.63) is 28.3 Å². The van der Waals surface area contributed by atoms with E-state index in [-0.39, 0.29) is 5.02 Å². The van der Waals surface area contributed by atoms with E-state index in [0.29, 0.717) is 5.02 Å². The Morgan fingerprint density at radius 2 is 1.71 bits per heavy atom. The van der Waals surface area contributed by atoms with Crippen LogP contribution in [0.2, 0.25) is 10.0 Å². The number of hydrogen-bond donors (Lipinski definition) is 1. The van der Waals surface area contributed by atoms with Gasteiger partial charge in [-0.3, -0.25) is 4.55 Å². The first-order valence-corrected chi connectivity index (χ1v) is 5.65. The molecule has 1 rings (SSSR count). The number of rotatable bonds is 0. The molecule has 1 heterocycles. The minimum atomic E-state index is -5.84. The van der Waals surface area contributed by atoms with Gasteiger partial charge in [0.05, 0.1) is 10.0 Å². The summed E-state index contributed by atoms with van der Waals surface area (Å²) in [6, 6.07) is 1.30. The monoisotopic (exact) mass is 315 g/mol. The predicted octanol–water partition coefficient (Wildman–Crippen LogP) is 2.92. The van der Waals surface area contributed by atoms with Crippen LogP contribution in [0.5, 0.6) is 0 Å². The lowest BCUT2D eigenvalue weighted by Crippen LogP contribution is -2.21. The van der Waals surface area contributed by atoms with Crippen LogP contribution in [0.1, 0.15) is 0 Å². The Kier molecular flexibility index (Phi) is 5.59. The van der Waals surface area contributed by atoms with Gasteiger partial charge in [0.15, 0.2) is 0 Å². The molecular weight excluding hydrogens is 313 g/mol. The highest BCUT2D eigenvalue weighted by molar-refractivity contribution is 7.86. The zero-order valence-corrected chi connectivity index (χ0v) is 9.87. The van der Waals surface area contributed by atoms with Crippen molar-refractivity contribution in [1.29, 1.82) is 0 Å². The molecule has 0 radical (unpaired) electrons. The Morgan fingerprint density at radius 3 is 1.94 bits per heavy atom. The van der Waals surface area contributed by atoms with Crippen LogP contribution in [0.15, 0.2) is 12.3 Å². The topological polar surface area (TPSA) is 67.3 Å². The van der Waals surface area contributed by atoms with Crippen molar-refractivity contribution in [3.8, 4) is 0 Å². The third-order valence-corrected chi connectivity index (χ3v) is 2.11. The zero-order valence-electron chi connectivity index (χ0n) is 7.54. The van der Waals surface area contributed by atoms with Crippen molar-refractivity contribution in [2.24, 2.45) is 0 Å². The summed E-state index contributed by atoms with van der Waals surface area (Å²) in [6.45, 7) is 0. The van der Waals surface area contributed by atoms with E-state index in [2.05, 4.69) is 4.98 Å². The van der Waals surface area contributed by atoms with Gasteiger partial charge in [-0.2, -0.15) is 26.0 Å². The van der Waals surface area contributed by atoms with Gasteiger partial charge >= 0.3 is 15.6 Å². The van der Waals surface area contributed by atoms with Crippen LogP contribution in [-0.4, -0.2) is 23.5 Å². The van der Waals surface area contributed by atoms with Gasteiger partial charge in [-0.05, 0) is 6.07 Å². The van der Waals surface area contributed by atoms with Crippen LogP contribution in [0.3, 0.4) is 0 Å². The molecule has 17 heavy (non-hydrogen) atoms. The van der Waals surface area contributed by atoms with E-state index >= 15 is 0 Å². The van der Waals surface area contributed by atoms with Gasteiger partial charge < -0.3 is 0 Å². The summed E-state index contributed by atoms with van der Waals surface area (Å²) in [7, 11) is -5.84. The molecule has 0 aliphatic heterocycles. The fourth-order valence-electron chi connectivity index (χ4n) is 0.398. The molecule has 1 aromatic rings. The summed E-state index contributed by atoms with van der Waals surface area (Å²) < 4.78 is 69.7. The Balaban J connectivity index is 0.000000304. The number of pyridine rings is 1.